The summed E-state index contributed by atoms with van der Waals surface area (Å²) in [6.45, 7) is 2.04. The number of ether oxygens (including phenoxy) is 2. The number of alkyl halides is 3. The molecular formula is C23H21F3O4. The number of furan rings is 1. The van der Waals surface area contributed by atoms with Crippen LogP contribution in [0.3, 0.4) is 0 Å². The van der Waals surface area contributed by atoms with Gasteiger partial charge in [-0.05, 0) is 49.2 Å². The monoisotopic (exact) mass is 418 g/mol. The summed E-state index contributed by atoms with van der Waals surface area (Å²) in [5.74, 6) is 1.53. The summed E-state index contributed by atoms with van der Waals surface area (Å²) in [5, 5.41) is 0. The molecule has 0 saturated carbocycles. The number of aryl methyl sites for hydroxylation is 2. The first-order chi connectivity index (χ1) is 14.3. The molecule has 0 bridgehead atoms. The van der Waals surface area contributed by atoms with Gasteiger partial charge >= 0.3 is 12.1 Å². The van der Waals surface area contributed by atoms with Crippen molar-refractivity contribution in [1.29, 1.82) is 0 Å². The average molecular weight is 418 g/mol. The molecule has 0 radical (unpaired) electrons. The van der Waals surface area contributed by atoms with E-state index in [-0.39, 0.29) is 12.6 Å². The minimum atomic E-state index is -4.37. The van der Waals surface area contributed by atoms with Crippen LogP contribution in [0, 0.1) is 6.92 Å². The van der Waals surface area contributed by atoms with Crippen molar-refractivity contribution >= 4 is 5.97 Å². The summed E-state index contributed by atoms with van der Waals surface area (Å²) in [7, 11) is 1.36. The maximum Gasteiger partial charge on any atom is 0.416 e. The van der Waals surface area contributed by atoms with E-state index in [1.807, 2.05) is 24.3 Å². The zero-order valence-corrected chi connectivity index (χ0v) is 16.6. The second kappa shape index (κ2) is 9.07. The van der Waals surface area contributed by atoms with Crippen molar-refractivity contribution in [2.45, 2.75) is 32.5 Å². The van der Waals surface area contributed by atoms with E-state index in [1.165, 1.54) is 19.2 Å². The van der Waals surface area contributed by atoms with Gasteiger partial charge in [0.1, 0.15) is 23.9 Å². The molecule has 0 atom stereocenters. The van der Waals surface area contributed by atoms with Crippen LogP contribution in [0.15, 0.2) is 59.0 Å². The highest BCUT2D eigenvalue weighted by molar-refractivity contribution is 5.69. The van der Waals surface area contributed by atoms with Crippen LogP contribution in [0.25, 0.3) is 11.3 Å². The normalized spacial score (nSPS) is 11.4. The van der Waals surface area contributed by atoms with Gasteiger partial charge in [0.15, 0.2) is 0 Å². The number of hydrogen-bond donors (Lipinski definition) is 0. The average Bonchev–Trinajstić information content (AvgIpc) is 3.11. The molecule has 7 heteroatoms. The molecule has 0 fully saturated rings. The third-order valence-corrected chi connectivity index (χ3v) is 4.68. The molecule has 2 aromatic carbocycles. The number of hydrogen-bond acceptors (Lipinski definition) is 4. The van der Waals surface area contributed by atoms with E-state index in [2.05, 4.69) is 4.74 Å². The van der Waals surface area contributed by atoms with Crippen molar-refractivity contribution in [2.24, 2.45) is 0 Å². The van der Waals surface area contributed by atoms with Crippen LogP contribution in [-0.4, -0.2) is 13.1 Å². The first kappa shape index (κ1) is 21.5. The molecule has 0 aliphatic rings. The van der Waals surface area contributed by atoms with Crippen molar-refractivity contribution < 1.29 is 31.9 Å². The van der Waals surface area contributed by atoms with Crippen LogP contribution < -0.4 is 4.74 Å². The highest BCUT2D eigenvalue weighted by atomic mass is 19.4. The zero-order chi connectivity index (χ0) is 21.7. The standard InChI is InChI=1S/C23H21F3O4/c1-15-18(13-21(30-15)17-6-8-19(9-7-17)23(24,25)26)14-29-20-10-3-16(4-11-20)5-12-22(27)28-2/h3-4,6-11,13H,5,12,14H2,1-2H3. The van der Waals surface area contributed by atoms with E-state index in [9.17, 15) is 18.0 Å². The molecular weight excluding hydrogens is 397 g/mol. The molecule has 3 rings (SSSR count). The fourth-order valence-corrected chi connectivity index (χ4v) is 2.89. The van der Waals surface area contributed by atoms with Gasteiger partial charge in [0.05, 0.1) is 12.7 Å². The zero-order valence-electron chi connectivity index (χ0n) is 16.6. The summed E-state index contributed by atoms with van der Waals surface area (Å²) in [5.41, 5.74) is 1.66. The van der Waals surface area contributed by atoms with E-state index in [0.717, 1.165) is 23.3 Å². The predicted octanol–water partition coefficient (Wildman–Crippen LogP) is 5.96. The Morgan fingerprint density at radius 3 is 2.30 bits per heavy atom. The lowest BCUT2D eigenvalue weighted by atomic mass is 10.1. The van der Waals surface area contributed by atoms with E-state index in [1.54, 1.807) is 13.0 Å². The highest BCUT2D eigenvalue weighted by Crippen LogP contribution is 2.32. The quantitative estimate of drug-likeness (QED) is 0.444. The lowest BCUT2D eigenvalue weighted by Gasteiger charge is -2.06. The molecule has 30 heavy (non-hydrogen) atoms. The highest BCUT2D eigenvalue weighted by Gasteiger charge is 2.30. The van der Waals surface area contributed by atoms with Crippen LogP contribution >= 0.6 is 0 Å². The first-order valence-corrected chi connectivity index (χ1v) is 9.32. The van der Waals surface area contributed by atoms with Crippen molar-refractivity contribution in [2.75, 3.05) is 7.11 Å². The molecule has 0 aliphatic carbocycles. The molecule has 4 nitrogen and oxygen atoms in total. The van der Waals surface area contributed by atoms with Gasteiger partial charge in [-0.2, -0.15) is 13.2 Å². The number of carbonyl (C=O) groups excluding carboxylic acids is 1. The largest absolute Gasteiger partial charge is 0.489 e. The smallest absolute Gasteiger partial charge is 0.416 e. The van der Waals surface area contributed by atoms with Gasteiger partial charge in [-0.25, -0.2) is 0 Å². The SMILES string of the molecule is COC(=O)CCc1ccc(OCc2cc(-c3ccc(C(F)(F)F)cc3)oc2C)cc1. The van der Waals surface area contributed by atoms with Gasteiger partial charge in [-0.1, -0.05) is 24.3 Å². The van der Waals surface area contributed by atoms with E-state index in [4.69, 9.17) is 9.15 Å². The molecule has 1 heterocycles. The topological polar surface area (TPSA) is 48.7 Å². The molecule has 0 spiro atoms. The summed E-state index contributed by atoms with van der Waals surface area (Å²) < 4.78 is 54.2. The third kappa shape index (κ3) is 5.43. The van der Waals surface area contributed by atoms with E-state index < -0.39 is 11.7 Å². The summed E-state index contributed by atoms with van der Waals surface area (Å²) in [4.78, 5) is 11.2. The second-order valence-electron chi connectivity index (χ2n) is 6.78. The number of carbonyl (C=O) groups is 1. The van der Waals surface area contributed by atoms with E-state index >= 15 is 0 Å². The molecule has 0 saturated heterocycles. The first-order valence-electron chi connectivity index (χ1n) is 9.32. The van der Waals surface area contributed by atoms with Gasteiger partial charge in [0.2, 0.25) is 0 Å². The number of halogens is 3. The minimum Gasteiger partial charge on any atom is -0.489 e. The molecule has 0 aliphatic heterocycles. The van der Waals surface area contributed by atoms with Crippen LogP contribution in [0.5, 0.6) is 5.75 Å². The van der Waals surface area contributed by atoms with Gasteiger partial charge in [0.25, 0.3) is 0 Å². The van der Waals surface area contributed by atoms with Gasteiger partial charge in [-0.15, -0.1) is 0 Å². The second-order valence-corrected chi connectivity index (χ2v) is 6.78. The van der Waals surface area contributed by atoms with Crippen molar-refractivity contribution in [3.05, 3.63) is 77.0 Å². The summed E-state index contributed by atoms with van der Waals surface area (Å²) in [6.07, 6.45) is -3.46. The van der Waals surface area contributed by atoms with Crippen molar-refractivity contribution in [3.63, 3.8) is 0 Å². The van der Waals surface area contributed by atoms with E-state index in [0.29, 0.717) is 35.7 Å². The lowest BCUT2D eigenvalue weighted by Crippen LogP contribution is -2.03. The van der Waals surface area contributed by atoms with Gasteiger partial charge in [-0.3, -0.25) is 4.79 Å². The minimum absolute atomic E-state index is 0.255. The number of benzene rings is 2. The van der Waals surface area contributed by atoms with Crippen LogP contribution in [0.1, 0.15) is 28.9 Å². The number of rotatable bonds is 7. The molecule has 0 unspecified atom stereocenters. The Morgan fingerprint density at radius 1 is 1.03 bits per heavy atom. The summed E-state index contributed by atoms with van der Waals surface area (Å²) >= 11 is 0. The maximum absolute atomic E-state index is 12.7. The molecule has 1 aromatic heterocycles. The van der Waals surface area contributed by atoms with Gasteiger partial charge < -0.3 is 13.9 Å². The van der Waals surface area contributed by atoms with Crippen molar-refractivity contribution in [3.8, 4) is 17.1 Å². The Hall–Kier alpha value is -3.22. The molecule has 0 N–H and O–H groups in total. The summed E-state index contributed by atoms with van der Waals surface area (Å²) in [6, 6.07) is 14.0. The molecule has 158 valence electrons. The van der Waals surface area contributed by atoms with Gasteiger partial charge in [0, 0.05) is 17.5 Å². The third-order valence-electron chi connectivity index (χ3n) is 4.68. The molecule has 0 amide bonds. The fourth-order valence-electron chi connectivity index (χ4n) is 2.89. The Bertz CT molecular complexity index is 987. The van der Waals surface area contributed by atoms with Crippen LogP contribution in [0.2, 0.25) is 0 Å². The number of esters is 1. The Labute approximate surface area is 172 Å². The Balaban J connectivity index is 1.61. The van der Waals surface area contributed by atoms with Crippen LogP contribution in [0.4, 0.5) is 13.2 Å². The molecule has 3 aromatic rings. The Morgan fingerprint density at radius 2 is 1.70 bits per heavy atom. The maximum atomic E-state index is 12.7. The Kier molecular flexibility index (Phi) is 6.50. The van der Waals surface area contributed by atoms with Crippen LogP contribution in [-0.2, 0) is 28.7 Å². The number of methoxy groups -OCH3 is 1. The fraction of sp³-hybridized carbons (Fsp3) is 0.261. The predicted molar refractivity (Wildman–Crippen MR) is 105 cm³/mol. The lowest BCUT2D eigenvalue weighted by molar-refractivity contribution is -0.140. The van der Waals surface area contributed by atoms with Crippen molar-refractivity contribution in [1.82, 2.24) is 0 Å².